The average Bonchev–Trinajstić information content (AvgIpc) is 2.84. The largest absolute Gasteiger partial charge is 0.311 e. The van der Waals surface area contributed by atoms with Gasteiger partial charge in [0.25, 0.3) is 0 Å². The number of rotatable bonds is 6. The maximum absolute atomic E-state index is 4.68. The minimum Gasteiger partial charge on any atom is -0.311 e. The maximum Gasteiger partial charge on any atom is 0.0625 e. The zero-order valence-corrected chi connectivity index (χ0v) is 13.5. The summed E-state index contributed by atoms with van der Waals surface area (Å²) < 4.78 is 2.18. The number of nitrogens with zero attached hydrogens (tertiary/aromatic N) is 3. The van der Waals surface area contributed by atoms with Crippen molar-refractivity contribution in [3.8, 4) is 0 Å². The summed E-state index contributed by atoms with van der Waals surface area (Å²) in [7, 11) is 0. The Kier molecular flexibility index (Phi) is 5.61. The first-order valence-electron chi connectivity index (χ1n) is 8.20. The molecule has 2 rings (SSSR count). The molecule has 20 heavy (non-hydrogen) atoms. The Morgan fingerprint density at radius 1 is 1.35 bits per heavy atom. The highest BCUT2D eigenvalue weighted by Crippen LogP contribution is 2.17. The number of hydrogen-bond donors (Lipinski definition) is 1. The molecule has 1 aromatic rings. The van der Waals surface area contributed by atoms with E-state index in [2.05, 4.69) is 53.8 Å². The summed E-state index contributed by atoms with van der Waals surface area (Å²) in [4.78, 5) is 2.65. The standard InChI is InChI=1S/C16H30N4/c1-5-8-15-10-17-13(4)11-19(15)12-16-9-14(6-2)18-20(16)7-3/h9,13,15,17H,5-8,10-12H2,1-4H3. The lowest BCUT2D eigenvalue weighted by atomic mass is 10.0. The zero-order chi connectivity index (χ0) is 14.5. The monoisotopic (exact) mass is 278 g/mol. The summed E-state index contributed by atoms with van der Waals surface area (Å²) in [6.45, 7) is 13.2. The van der Waals surface area contributed by atoms with Gasteiger partial charge in [0.1, 0.15) is 0 Å². The predicted octanol–water partition coefficient (Wildman–Crippen LogP) is 2.43. The Hall–Kier alpha value is -0.870. The molecule has 4 heteroatoms. The lowest BCUT2D eigenvalue weighted by molar-refractivity contribution is 0.117. The molecule has 1 aromatic heterocycles. The third kappa shape index (κ3) is 3.61. The number of piperazine rings is 1. The van der Waals surface area contributed by atoms with Gasteiger partial charge < -0.3 is 5.32 Å². The van der Waals surface area contributed by atoms with Crippen LogP contribution in [-0.4, -0.2) is 39.9 Å². The van der Waals surface area contributed by atoms with Gasteiger partial charge in [-0.15, -0.1) is 0 Å². The lowest BCUT2D eigenvalue weighted by Gasteiger charge is -2.39. The Balaban J connectivity index is 2.10. The van der Waals surface area contributed by atoms with E-state index >= 15 is 0 Å². The highest BCUT2D eigenvalue weighted by atomic mass is 15.3. The summed E-state index contributed by atoms with van der Waals surface area (Å²) in [5.41, 5.74) is 2.59. The fraction of sp³-hybridized carbons (Fsp3) is 0.812. The average molecular weight is 278 g/mol. The molecular formula is C16H30N4. The molecular weight excluding hydrogens is 248 g/mol. The molecule has 0 aliphatic carbocycles. The molecule has 0 bridgehead atoms. The molecule has 1 aliphatic rings. The van der Waals surface area contributed by atoms with Gasteiger partial charge in [-0.05, 0) is 32.8 Å². The molecule has 0 saturated carbocycles. The smallest absolute Gasteiger partial charge is 0.0625 e. The fourth-order valence-corrected chi connectivity index (χ4v) is 3.14. The summed E-state index contributed by atoms with van der Waals surface area (Å²) in [6.07, 6.45) is 3.56. The first-order valence-corrected chi connectivity index (χ1v) is 8.20. The summed E-state index contributed by atoms with van der Waals surface area (Å²) >= 11 is 0. The molecule has 0 spiro atoms. The Morgan fingerprint density at radius 2 is 2.15 bits per heavy atom. The van der Waals surface area contributed by atoms with E-state index in [0.29, 0.717) is 12.1 Å². The van der Waals surface area contributed by atoms with Crippen molar-refractivity contribution < 1.29 is 0 Å². The second-order valence-electron chi connectivity index (χ2n) is 5.98. The van der Waals surface area contributed by atoms with Gasteiger partial charge >= 0.3 is 0 Å². The third-order valence-electron chi connectivity index (χ3n) is 4.29. The predicted molar refractivity (Wildman–Crippen MR) is 83.8 cm³/mol. The highest BCUT2D eigenvalue weighted by molar-refractivity contribution is 5.11. The van der Waals surface area contributed by atoms with Crippen LogP contribution in [0.1, 0.15) is 51.9 Å². The van der Waals surface area contributed by atoms with Crippen LogP contribution in [-0.2, 0) is 19.5 Å². The molecule has 1 fully saturated rings. The summed E-state index contributed by atoms with van der Waals surface area (Å²) in [5, 5.41) is 8.29. The molecule has 0 radical (unpaired) electrons. The Labute approximate surface area is 123 Å². The molecule has 1 aliphatic heterocycles. The fourth-order valence-electron chi connectivity index (χ4n) is 3.14. The topological polar surface area (TPSA) is 33.1 Å². The van der Waals surface area contributed by atoms with Crippen molar-refractivity contribution in [3.63, 3.8) is 0 Å². The van der Waals surface area contributed by atoms with E-state index in [0.717, 1.165) is 32.6 Å². The van der Waals surface area contributed by atoms with Gasteiger partial charge in [-0.25, -0.2) is 0 Å². The number of aryl methyl sites for hydroxylation is 2. The number of hydrogen-bond acceptors (Lipinski definition) is 3. The van der Waals surface area contributed by atoms with E-state index in [1.54, 1.807) is 0 Å². The zero-order valence-electron chi connectivity index (χ0n) is 13.5. The van der Waals surface area contributed by atoms with Crippen LogP contribution in [0.4, 0.5) is 0 Å². The van der Waals surface area contributed by atoms with Gasteiger partial charge in [-0.3, -0.25) is 9.58 Å². The van der Waals surface area contributed by atoms with Gasteiger partial charge in [-0.2, -0.15) is 5.10 Å². The molecule has 4 nitrogen and oxygen atoms in total. The van der Waals surface area contributed by atoms with Crippen LogP contribution in [0.3, 0.4) is 0 Å². The van der Waals surface area contributed by atoms with Crippen LogP contribution in [0.15, 0.2) is 6.07 Å². The Morgan fingerprint density at radius 3 is 2.80 bits per heavy atom. The van der Waals surface area contributed by atoms with Crippen molar-refractivity contribution in [2.75, 3.05) is 13.1 Å². The van der Waals surface area contributed by atoms with Crippen LogP contribution < -0.4 is 5.32 Å². The van der Waals surface area contributed by atoms with E-state index in [9.17, 15) is 0 Å². The van der Waals surface area contributed by atoms with Gasteiger partial charge in [0.05, 0.1) is 11.4 Å². The van der Waals surface area contributed by atoms with Crippen LogP contribution in [0, 0.1) is 0 Å². The van der Waals surface area contributed by atoms with Crippen LogP contribution >= 0.6 is 0 Å². The van der Waals surface area contributed by atoms with Crippen molar-refractivity contribution in [3.05, 3.63) is 17.5 Å². The summed E-state index contributed by atoms with van der Waals surface area (Å²) in [6, 6.07) is 3.55. The van der Waals surface area contributed by atoms with Crippen LogP contribution in [0.2, 0.25) is 0 Å². The second kappa shape index (κ2) is 7.23. The SMILES string of the molecule is CCCC1CNC(C)CN1Cc1cc(CC)nn1CC. The van der Waals surface area contributed by atoms with Crippen molar-refractivity contribution in [2.24, 2.45) is 0 Å². The van der Waals surface area contributed by atoms with Gasteiger partial charge in [0, 0.05) is 38.3 Å². The molecule has 1 N–H and O–H groups in total. The summed E-state index contributed by atoms with van der Waals surface area (Å²) in [5.74, 6) is 0. The molecule has 114 valence electrons. The molecule has 2 unspecified atom stereocenters. The van der Waals surface area contributed by atoms with Crippen molar-refractivity contribution in [2.45, 2.75) is 72.1 Å². The normalized spacial score (nSPS) is 24.2. The van der Waals surface area contributed by atoms with Crippen molar-refractivity contribution >= 4 is 0 Å². The molecule has 0 aromatic carbocycles. The van der Waals surface area contributed by atoms with Crippen molar-refractivity contribution in [1.82, 2.24) is 20.0 Å². The first kappa shape index (κ1) is 15.5. The maximum atomic E-state index is 4.68. The molecule has 2 atom stereocenters. The van der Waals surface area contributed by atoms with E-state index in [1.165, 1.54) is 24.2 Å². The van der Waals surface area contributed by atoms with E-state index in [-0.39, 0.29) is 0 Å². The highest BCUT2D eigenvalue weighted by Gasteiger charge is 2.26. The van der Waals surface area contributed by atoms with Gasteiger partial charge in [-0.1, -0.05) is 20.3 Å². The van der Waals surface area contributed by atoms with Gasteiger partial charge in [0.15, 0.2) is 0 Å². The molecule has 2 heterocycles. The second-order valence-corrected chi connectivity index (χ2v) is 5.98. The van der Waals surface area contributed by atoms with Gasteiger partial charge in [0.2, 0.25) is 0 Å². The molecule has 1 saturated heterocycles. The van der Waals surface area contributed by atoms with E-state index in [1.807, 2.05) is 0 Å². The number of nitrogens with one attached hydrogen (secondary N) is 1. The van der Waals surface area contributed by atoms with E-state index in [4.69, 9.17) is 0 Å². The number of aromatic nitrogens is 2. The third-order valence-corrected chi connectivity index (χ3v) is 4.29. The first-order chi connectivity index (χ1) is 9.67. The van der Waals surface area contributed by atoms with Crippen molar-refractivity contribution in [1.29, 1.82) is 0 Å². The quantitative estimate of drug-likeness (QED) is 0.867. The molecule has 0 amide bonds. The van der Waals surface area contributed by atoms with E-state index < -0.39 is 0 Å². The lowest BCUT2D eigenvalue weighted by Crippen LogP contribution is -2.55. The minimum atomic E-state index is 0.590. The van der Waals surface area contributed by atoms with Crippen LogP contribution in [0.25, 0.3) is 0 Å². The van der Waals surface area contributed by atoms with Crippen LogP contribution in [0.5, 0.6) is 0 Å². The minimum absolute atomic E-state index is 0.590. The Bertz CT molecular complexity index is 413.